The van der Waals surface area contributed by atoms with Crippen LogP contribution in [0.25, 0.3) is 156 Å². The summed E-state index contributed by atoms with van der Waals surface area (Å²) in [7, 11) is 0. The van der Waals surface area contributed by atoms with Gasteiger partial charge in [-0.1, -0.05) is 212 Å². The van der Waals surface area contributed by atoms with Gasteiger partial charge >= 0.3 is 6.18 Å². The molecule has 0 unspecified atom stereocenters. The second kappa shape index (κ2) is 22.7. The molecule has 0 bridgehead atoms. The number of nitrogens with zero attached hydrogens (tertiary/aromatic N) is 7. The van der Waals surface area contributed by atoms with Crippen LogP contribution in [0.5, 0.6) is 0 Å². The average Bonchev–Trinajstić information content (AvgIpc) is 1.52. The molecule has 0 aliphatic heterocycles. The molecule has 6 aromatic heterocycles. The Hall–Kier alpha value is -12.3. The molecule has 6 heterocycles. The number of aromatic nitrogens is 6. The summed E-state index contributed by atoms with van der Waals surface area (Å²) < 4.78 is 53.1. The van der Waals surface area contributed by atoms with E-state index in [1.54, 1.807) is 24.3 Å². The van der Waals surface area contributed by atoms with E-state index in [4.69, 9.17) is 19.9 Å². The van der Waals surface area contributed by atoms with Crippen molar-refractivity contribution in [3.8, 4) is 119 Å². The van der Waals surface area contributed by atoms with Crippen molar-refractivity contribution in [2.45, 2.75) is 6.18 Å². The number of halogens is 3. The van der Waals surface area contributed by atoms with Gasteiger partial charge in [0.15, 0.2) is 0 Å². The second-order valence-electron chi connectivity index (χ2n) is 22.7. The Balaban J connectivity index is 1.02. The molecule has 10 heteroatoms. The molecule has 7 nitrogen and oxygen atoms in total. The minimum Gasteiger partial charge on any atom is -0.308 e. The molecule has 92 heavy (non-hydrogen) atoms. The first-order valence-corrected chi connectivity index (χ1v) is 30.2. The summed E-state index contributed by atoms with van der Waals surface area (Å²) in [5.74, 6) is 0. The number of rotatable bonds is 11. The van der Waals surface area contributed by atoms with Gasteiger partial charge in [-0.05, 0) is 96.6 Å². The van der Waals surface area contributed by atoms with E-state index >= 15 is 13.2 Å². The summed E-state index contributed by atoms with van der Waals surface area (Å²) in [6, 6.07) is 100.0. The van der Waals surface area contributed by atoms with Crippen LogP contribution in [0.2, 0.25) is 0 Å². The maximum absolute atomic E-state index is 16.3. The van der Waals surface area contributed by atoms with E-state index in [-0.39, 0.29) is 16.7 Å². The fraction of sp³-hybridized carbons (Fsp3) is 0.0122. The lowest BCUT2D eigenvalue weighted by atomic mass is 9.94. The summed E-state index contributed by atoms with van der Waals surface area (Å²) in [5.41, 5.74) is 15.8. The molecule has 16 rings (SSSR count). The molecule has 0 spiro atoms. The van der Waals surface area contributed by atoms with Crippen molar-refractivity contribution in [1.29, 1.82) is 5.26 Å². The van der Waals surface area contributed by atoms with E-state index < -0.39 is 11.7 Å². The molecular weight excluding hydrogens is 1140 g/mol. The number of fused-ring (bicyclic) bond motifs is 6. The Bertz CT molecular complexity index is 4990. The van der Waals surface area contributed by atoms with Crippen LogP contribution in [0.15, 0.2) is 303 Å². The molecule has 0 fully saturated rings. The van der Waals surface area contributed by atoms with Gasteiger partial charge in [0.25, 0.3) is 0 Å². The van der Waals surface area contributed by atoms with Gasteiger partial charge in [0.2, 0.25) is 0 Å². The van der Waals surface area contributed by atoms with Gasteiger partial charge in [0.05, 0.1) is 96.2 Å². The Kier molecular flexibility index (Phi) is 13.6. The van der Waals surface area contributed by atoms with Gasteiger partial charge in [-0.15, -0.1) is 0 Å². The summed E-state index contributed by atoms with van der Waals surface area (Å²) in [6.07, 6.45) is -4.82. The van der Waals surface area contributed by atoms with E-state index in [1.807, 2.05) is 228 Å². The lowest BCUT2D eigenvalue weighted by Crippen LogP contribution is -2.11. The Labute approximate surface area is 527 Å². The minimum absolute atomic E-state index is 0.0805. The van der Waals surface area contributed by atoms with Crippen molar-refractivity contribution in [2.75, 3.05) is 0 Å². The van der Waals surface area contributed by atoms with E-state index in [2.05, 4.69) is 54.6 Å². The zero-order valence-corrected chi connectivity index (χ0v) is 49.1. The molecule has 10 aromatic carbocycles. The first-order valence-electron chi connectivity index (χ1n) is 30.2. The molecule has 0 amide bonds. The number of alkyl halides is 3. The fourth-order valence-electron chi connectivity index (χ4n) is 12.9. The minimum atomic E-state index is -4.82. The number of nitriles is 1. The van der Waals surface area contributed by atoms with Crippen LogP contribution in [-0.4, -0.2) is 29.1 Å². The summed E-state index contributed by atoms with van der Waals surface area (Å²) in [6.45, 7) is 0. The van der Waals surface area contributed by atoms with E-state index in [0.29, 0.717) is 56.2 Å². The molecule has 0 atom stereocenters. The third-order valence-corrected chi connectivity index (χ3v) is 17.2. The first kappa shape index (κ1) is 55.0. The number of hydrogen-bond donors (Lipinski definition) is 0. The number of benzene rings is 10. The quantitative estimate of drug-likeness (QED) is 0.129. The molecule has 16 aromatic rings. The SMILES string of the molecule is N#Cc1cc(-n2c3cc(-c4cccc(-c5ccccc5)n4)ccc3c3ccc(-c4cccc(-c5ccccc5)n4)cc32)c(-c2ccccc2C(F)(F)F)c(-n2c3cc(-c4cccc(-c5ccccc5)n4)ccc3c3ccc(-c4cccc(-c5ccccc5)n4)cc32)c1. The van der Waals surface area contributed by atoms with E-state index in [9.17, 15) is 5.26 Å². The average molecular weight is 1190 g/mol. The highest BCUT2D eigenvalue weighted by atomic mass is 19.4. The molecular formula is C82H50F3N7. The second-order valence-corrected chi connectivity index (χ2v) is 22.7. The maximum atomic E-state index is 16.3. The smallest absolute Gasteiger partial charge is 0.308 e. The Morgan fingerprint density at radius 1 is 0.283 bits per heavy atom. The van der Waals surface area contributed by atoms with Gasteiger partial charge < -0.3 is 9.13 Å². The Morgan fingerprint density at radius 3 is 0.837 bits per heavy atom. The normalized spacial score (nSPS) is 11.6. The van der Waals surface area contributed by atoms with Crippen molar-refractivity contribution in [2.24, 2.45) is 0 Å². The van der Waals surface area contributed by atoms with Crippen LogP contribution in [-0.2, 0) is 6.18 Å². The van der Waals surface area contributed by atoms with Gasteiger partial charge in [0, 0.05) is 71.6 Å². The highest BCUT2D eigenvalue weighted by Gasteiger charge is 2.36. The van der Waals surface area contributed by atoms with Crippen LogP contribution in [0.3, 0.4) is 0 Å². The molecule has 0 aliphatic rings. The highest BCUT2D eigenvalue weighted by Crippen LogP contribution is 2.48. The van der Waals surface area contributed by atoms with Crippen molar-refractivity contribution >= 4 is 43.6 Å². The lowest BCUT2D eigenvalue weighted by molar-refractivity contribution is -0.137. The predicted octanol–water partition coefficient (Wildman–Crippen LogP) is 21.4. The van der Waals surface area contributed by atoms with Gasteiger partial charge in [-0.25, -0.2) is 19.9 Å². The highest BCUT2D eigenvalue weighted by molar-refractivity contribution is 6.14. The lowest BCUT2D eigenvalue weighted by Gasteiger charge is -2.23. The molecule has 0 saturated carbocycles. The monoisotopic (exact) mass is 1190 g/mol. The third-order valence-electron chi connectivity index (χ3n) is 17.2. The molecule has 0 N–H and O–H groups in total. The molecule has 0 radical (unpaired) electrons. The third kappa shape index (κ3) is 9.91. The summed E-state index contributed by atoms with van der Waals surface area (Å²) in [5, 5.41) is 14.9. The van der Waals surface area contributed by atoms with Crippen LogP contribution < -0.4 is 0 Å². The summed E-state index contributed by atoms with van der Waals surface area (Å²) >= 11 is 0. The molecule has 434 valence electrons. The zero-order chi connectivity index (χ0) is 61.9. The van der Waals surface area contributed by atoms with Crippen molar-refractivity contribution in [3.05, 3.63) is 314 Å². The van der Waals surface area contributed by atoms with Crippen molar-refractivity contribution in [3.63, 3.8) is 0 Å². The molecule has 0 saturated heterocycles. The van der Waals surface area contributed by atoms with Crippen LogP contribution in [0.4, 0.5) is 13.2 Å². The van der Waals surface area contributed by atoms with Gasteiger partial charge in [0.1, 0.15) is 0 Å². The molecule has 0 aliphatic carbocycles. The van der Waals surface area contributed by atoms with E-state index in [0.717, 1.165) is 94.9 Å². The summed E-state index contributed by atoms with van der Waals surface area (Å²) in [4.78, 5) is 20.8. The Morgan fingerprint density at radius 2 is 0.554 bits per heavy atom. The first-order chi connectivity index (χ1) is 45.2. The largest absolute Gasteiger partial charge is 0.417 e. The van der Waals surface area contributed by atoms with E-state index in [1.165, 1.54) is 6.07 Å². The maximum Gasteiger partial charge on any atom is 0.417 e. The zero-order valence-electron chi connectivity index (χ0n) is 49.1. The van der Waals surface area contributed by atoms with Crippen LogP contribution >= 0.6 is 0 Å². The number of hydrogen-bond acceptors (Lipinski definition) is 5. The van der Waals surface area contributed by atoms with Crippen molar-refractivity contribution in [1.82, 2.24) is 29.1 Å². The topological polar surface area (TPSA) is 85.2 Å². The van der Waals surface area contributed by atoms with Crippen LogP contribution in [0, 0.1) is 11.3 Å². The van der Waals surface area contributed by atoms with Crippen LogP contribution in [0.1, 0.15) is 11.1 Å². The standard InChI is InChI=1S/C82H50F3N7/c83-82(84,85)66-28-14-13-27-65(66)81-79(91-75-47-57(71-33-15-29-67(87-71)53-19-5-1-6-20-53)37-41-61(75)62-42-38-58(48-76(62)91)72-34-16-30-68(88-72)54-21-7-2-8-22-54)45-52(51-86)46-80(81)92-77-49-59(73-35-17-31-69(89-73)55-23-9-3-10-24-55)39-43-63(77)64-44-40-60(50-78(64)92)74-36-18-32-70(90-74)56-25-11-4-12-26-56/h1-50H. The van der Waals surface area contributed by atoms with Crippen molar-refractivity contribution < 1.29 is 13.2 Å². The van der Waals surface area contributed by atoms with Gasteiger partial charge in [-0.3, -0.25) is 0 Å². The predicted molar refractivity (Wildman–Crippen MR) is 365 cm³/mol. The van der Waals surface area contributed by atoms with Gasteiger partial charge in [-0.2, -0.15) is 18.4 Å². The number of pyridine rings is 4. The fourth-order valence-corrected chi connectivity index (χ4v) is 12.9.